The van der Waals surface area contributed by atoms with Crippen LogP contribution in [0.15, 0.2) is 6.07 Å². The molecular formula is C12H17N3O3S. The molecule has 0 aliphatic heterocycles. The van der Waals surface area contributed by atoms with Crippen LogP contribution < -0.4 is 5.32 Å². The van der Waals surface area contributed by atoms with Crippen LogP contribution in [0, 0.1) is 6.92 Å². The highest BCUT2D eigenvalue weighted by Crippen LogP contribution is 2.27. The van der Waals surface area contributed by atoms with Gasteiger partial charge in [0.1, 0.15) is 10.4 Å². The number of carbonyl (C=O) groups is 1. The van der Waals surface area contributed by atoms with Crippen LogP contribution in [0.5, 0.6) is 0 Å². The molecule has 0 aromatic carbocycles. The maximum absolute atomic E-state index is 12.0. The van der Waals surface area contributed by atoms with E-state index < -0.39 is 12.2 Å². The van der Waals surface area contributed by atoms with Gasteiger partial charge in [-0.2, -0.15) is 5.10 Å². The van der Waals surface area contributed by atoms with Gasteiger partial charge in [-0.3, -0.25) is 9.48 Å². The molecular weight excluding hydrogens is 266 g/mol. The lowest BCUT2D eigenvalue weighted by Gasteiger charge is -2.20. The second kappa shape index (κ2) is 4.92. The Hall–Kier alpha value is -1.44. The largest absolute Gasteiger partial charge is 0.393 e. The van der Waals surface area contributed by atoms with E-state index in [1.54, 1.807) is 10.7 Å². The monoisotopic (exact) mass is 283 g/mol. The van der Waals surface area contributed by atoms with Crippen molar-refractivity contribution < 1.29 is 15.0 Å². The molecule has 2 heterocycles. The van der Waals surface area contributed by atoms with E-state index in [4.69, 9.17) is 5.11 Å². The van der Waals surface area contributed by atoms with Crippen LogP contribution in [-0.4, -0.2) is 44.7 Å². The van der Waals surface area contributed by atoms with E-state index in [0.717, 1.165) is 15.9 Å². The zero-order valence-electron chi connectivity index (χ0n) is 11.1. The van der Waals surface area contributed by atoms with Crippen molar-refractivity contribution in [3.63, 3.8) is 0 Å². The third-order valence-electron chi connectivity index (χ3n) is 2.89. The van der Waals surface area contributed by atoms with Crippen molar-refractivity contribution >= 4 is 27.5 Å². The predicted molar refractivity (Wildman–Crippen MR) is 73.4 cm³/mol. The van der Waals surface area contributed by atoms with Crippen molar-refractivity contribution in [1.29, 1.82) is 0 Å². The molecule has 1 unspecified atom stereocenters. The fourth-order valence-electron chi connectivity index (χ4n) is 1.73. The molecule has 19 heavy (non-hydrogen) atoms. The Labute approximate surface area is 114 Å². The number of carbonyl (C=O) groups excluding carboxylic acids is 1. The van der Waals surface area contributed by atoms with Gasteiger partial charge in [0.15, 0.2) is 0 Å². The van der Waals surface area contributed by atoms with Gasteiger partial charge >= 0.3 is 0 Å². The smallest absolute Gasteiger partial charge is 0.261 e. The number of rotatable bonds is 4. The number of nitrogens with zero attached hydrogens (tertiary/aromatic N) is 2. The molecule has 0 aliphatic rings. The third-order valence-corrected chi connectivity index (χ3v) is 4.09. The molecule has 104 valence electrons. The summed E-state index contributed by atoms with van der Waals surface area (Å²) in [7, 11) is 1.84. The summed E-state index contributed by atoms with van der Waals surface area (Å²) >= 11 is 1.36. The number of hydrogen-bond donors (Lipinski definition) is 3. The fraction of sp³-hybridized carbons (Fsp3) is 0.500. The molecule has 0 saturated heterocycles. The van der Waals surface area contributed by atoms with Gasteiger partial charge < -0.3 is 15.5 Å². The van der Waals surface area contributed by atoms with Crippen LogP contribution in [0.2, 0.25) is 0 Å². The Bertz CT molecular complexity index is 581. The molecule has 0 saturated carbocycles. The van der Waals surface area contributed by atoms with Gasteiger partial charge in [0, 0.05) is 19.0 Å². The lowest BCUT2D eigenvalue weighted by atomic mass is 10.1. The van der Waals surface area contributed by atoms with E-state index in [1.165, 1.54) is 18.3 Å². The summed E-state index contributed by atoms with van der Waals surface area (Å²) < 4.78 is 1.75. The molecule has 0 bridgehead atoms. The van der Waals surface area contributed by atoms with E-state index >= 15 is 0 Å². The molecule has 2 aromatic heterocycles. The minimum absolute atomic E-state index is 0.00775. The predicted octanol–water partition coefficient (Wildman–Crippen LogP) is 0.416. The first-order valence-electron chi connectivity index (χ1n) is 5.88. The Balaban J connectivity index is 2.16. The number of amides is 1. The number of hydrogen-bond acceptors (Lipinski definition) is 5. The standard InChI is InChI=1S/C12H17N3O3S/c1-7-8-4-9(19-11(8)15(3)14-7)10(17)13-5-12(2,18)6-16/h4,16,18H,5-6H2,1-3H3,(H,13,17). The van der Waals surface area contributed by atoms with Gasteiger partial charge in [0.2, 0.25) is 0 Å². The summed E-state index contributed by atoms with van der Waals surface area (Å²) in [6, 6.07) is 1.80. The zero-order chi connectivity index (χ0) is 14.2. The molecule has 6 nitrogen and oxygen atoms in total. The number of aryl methyl sites for hydroxylation is 2. The Morgan fingerprint density at radius 3 is 2.89 bits per heavy atom. The summed E-state index contributed by atoms with van der Waals surface area (Å²) in [5, 5.41) is 26.4. The zero-order valence-corrected chi connectivity index (χ0v) is 11.9. The third kappa shape index (κ3) is 2.78. The van der Waals surface area contributed by atoms with Crippen LogP contribution >= 0.6 is 11.3 Å². The molecule has 0 fully saturated rings. The highest BCUT2D eigenvalue weighted by molar-refractivity contribution is 7.20. The summed E-state index contributed by atoms with van der Waals surface area (Å²) in [5.74, 6) is -0.255. The van der Waals surface area contributed by atoms with Gasteiger partial charge in [-0.25, -0.2) is 0 Å². The van der Waals surface area contributed by atoms with Crippen molar-refractivity contribution in [1.82, 2.24) is 15.1 Å². The Kier molecular flexibility index (Phi) is 3.62. The molecule has 0 aliphatic carbocycles. The number of aliphatic hydroxyl groups is 2. The minimum atomic E-state index is -1.30. The summed E-state index contributed by atoms with van der Waals surface area (Å²) in [4.78, 5) is 13.5. The molecule has 0 spiro atoms. The van der Waals surface area contributed by atoms with Crippen molar-refractivity contribution in [2.24, 2.45) is 7.05 Å². The minimum Gasteiger partial charge on any atom is -0.393 e. The number of fused-ring (bicyclic) bond motifs is 1. The highest BCUT2D eigenvalue weighted by Gasteiger charge is 2.21. The maximum Gasteiger partial charge on any atom is 0.261 e. The van der Waals surface area contributed by atoms with Crippen LogP contribution in [0.3, 0.4) is 0 Å². The molecule has 1 amide bonds. The molecule has 7 heteroatoms. The second-order valence-corrected chi connectivity index (χ2v) is 5.91. The second-order valence-electron chi connectivity index (χ2n) is 4.88. The van der Waals surface area contributed by atoms with Crippen molar-refractivity contribution in [2.45, 2.75) is 19.4 Å². The van der Waals surface area contributed by atoms with Crippen molar-refractivity contribution in [3.8, 4) is 0 Å². The summed E-state index contributed by atoms with van der Waals surface area (Å²) in [5.41, 5.74) is -0.417. The fourth-order valence-corrected chi connectivity index (χ4v) is 2.77. The molecule has 1 atom stereocenters. The van der Waals surface area contributed by atoms with E-state index in [0.29, 0.717) is 4.88 Å². The van der Waals surface area contributed by atoms with Crippen LogP contribution in [-0.2, 0) is 7.05 Å². The first-order chi connectivity index (χ1) is 8.84. The Morgan fingerprint density at radius 1 is 1.63 bits per heavy atom. The Morgan fingerprint density at radius 2 is 2.32 bits per heavy atom. The van der Waals surface area contributed by atoms with Crippen molar-refractivity contribution in [2.75, 3.05) is 13.2 Å². The van der Waals surface area contributed by atoms with Gasteiger partial charge in [-0.05, 0) is 19.9 Å². The van der Waals surface area contributed by atoms with E-state index in [-0.39, 0.29) is 12.5 Å². The summed E-state index contributed by atoms with van der Waals surface area (Å²) in [6.45, 7) is 2.97. The normalized spacial score (nSPS) is 14.6. The quantitative estimate of drug-likeness (QED) is 0.759. The first-order valence-corrected chi connectivity index (χ1v) is 6.70. The van der Waals surface area contributed by atoms with Crippen LogP contribution in [0.1, 0.15) is 22.3 Å². The summed E-state index contributed by atoms with van der Waals surface area (Å²) in [6.07, 6.45) is 0. The molecule has 0 radical (unpaired) electrons. The first kappa shape index (κ1) is 14.0. The number of aliphatic hydroxyl groups excluding tert-OH is 1. The van der Waals surface area contributed by atoms with Gasteiger partial charge in [-0.1, -0.05) is 0 Å². The average Bonchev–Trinajstić information content (AvgIpc) is 2.90. The van der Waals surface area contributed by atoms with E-state index in [2.05, 4.69) is 10.4 Å². The van der Waals surface area contributed by atoms with Crippen LogP contribution in [0.25, 0.3) is 10.2 Å². The van der Waals surface area contributed by atoms with Gasteiger partial charge in [0.25, 0.3) is 5.91 Å². The lowest BCUT2D eigenvalue weighted by Crippen LogP contribution is -2.43. The van der Waals surface area contributed by atoms with Gasteiger partial charge in [-0.15, -0.1) is 11.3 Å². The lowest BCUT2D eigenvalue weighted by molar-refractivity contribution is 0.00323. The van der Waals surface area contributed by atoms with E-state index in [1.807, 2.05) is 14.0 Å². The van der Waals surface area contributed by atoms with Gasteiger partial charge in [0.05, 0.1) is 17.2 Å². The molecule has 3 N–H and O–H groups in total. The number of thiophene rings is 1. The SMILES string of the molecule is Cc1nn(C)c2sc(C(=O)NCC(C)(O)CO)cc12. The topological polar surface area (TPSA) is 87.4 Å². The molecule has 2 aromatic rings. The molecule has 2 rings (SSSR count). The number of nitrogens with one attached hydrogen (secondary N) is 1. The van der Waals surface area contributed by atoms with Crippen molar-refractivity contribution in [3.05, 3.63) is 16.6 Å². The number of aromatic nitrogens is 2. The highest BCUT2D eigenvalue weighted by atomic mass is 32.1. The van der Waals surface area contributed by atoms with Crippen LogP contribution in [0.4, 0.5) is 0 Å². The van der Waals surface area contributed by atoms with E-state index in [9.17, 15) is 9.90 Å². The average molecular weight is 283 g/mol. The maximum atomic E-state index is 12.0.